The molecule has 2 aliphatic rings. The van der Waals surface area contributed by atoms with E-state index in [2.05, 4.69) is 59.3 Å². The first-order chi connectivity index (χ1) is 16.0. The van der Waals surface area contributed by atoms with Crippen LogP contribution in [0.4, 0.5) is 5.95 Å². The minimum Gasteiger partial charge on any atom is -0.473 e. The van der Waals surface area contributed by atoms with E-state index >= 15 is 0 Å². The second-order valence-corrected chi connectivity index (χ2v) is 9.40. The van der Waals surface area contributed by atoms with Crippen LogP contribution in [-0.4, -0.2) is 57.1 Å². The SMILES string of the molecule is CC(C)Nc1ncc2c(n1)CCCC=C2c1ccc2ncc(OC3CCN(C)CC3)nc2c1. The van der Waals surface area contributed by atoms with Crippen molar-refractivity contribution in [1.82, 2.24) is 24.8 Å². The first kappa shape index (κ1) is 21.8. The van der Waals surface area contributed by atoms with Crippen molar-refractivity contribution in [3.63, 3.8) is 0 Å². The number of allylic oxidation sites excluding steroid dienone is 1. The highest BCUT2D eigenvalue weighted by atomic mass is 16.5. The summed E-state index contributed by atoms with van der Waals surface area (Å²) in [5, 5.41) is 3.32. The van der Waals surface area contributed by atoms with Gasteiger partial charge in [-0.1, -0.05) is 12.1 Å². The van der Waals surface area contributed by atoms with E-state index < -0.39 is 0 Å². The molecule has 0 radical (unpaired) electrons. The van der Waals surface area contributed by atoms with Crippen LogP contribution in [0.2, 0.25) is 0 Å². The number of nitrogens with zero attached hydrogens (tertiary/aromatic N) is 5. The summed E-state index contributed by atoms with van der Waals surface area (Å²) in [6, 6.07) is 6.58. The zero-order chi connectivity index (χ0) is 22.8. The molecular formula is C26H32N6O. The van der Waals surface area contributed by atoms with E-state index in [1.807, 2.05) is 12.3 Å². The molecule has 1 fully saturated rings. The van der Waals surface area contributed by atoms with Crippen LogP contribution in [-0.2, 0) is 6.42 Å². The maximum atomic E-state index is 6.18. The fourth-order valence-electron chi connectivity index (χ4n) is 4.55. The molecule has 0 atom stereocenters. The van der Waals surface area contributed by atoms with Crippen LogP contribution in [0.25, 0.3) is 16.6 Å². The number of fused-ring (bicyclic) bond motifs is 2. The molecule has 1 aliphatic carbocycles. The van der Waals surface area contributed by atoms with Crippen molar-refractivity contribution in [2.75, 3.05) is 25.5 Å². The average molecular weight is 445 g/mol. The number of benzene rings is 1. The molecule has 33 heavy (non-hydrogen) atoms. The van der Waals surface area contributed by atoms with E-state index in [1.54, 1.807) is 6.20 Å². The van der Waals surface area contributed by atoms with Gasteiger partial charge in [-0.25, -0.2) is 19.9 Å². The van der Waals surface area contributed by atoms with Gasteiger partial charge in [-0.2, -0.15) is 0 Å². The van der Waals surface area contributed by atoms with Crippen LogP contribution in [0.3, 0.4) is 0 Å². The number of aryl methyl sites for hydroxylation is 1. The summed E-state index contributed by atoms with van der Waals surface area (Å²) >= 11 is 0. The van der Waals surface area contributed by atoms with Gasteiger partial charge in [0.2, 0.25) is 11.8 Å². The molecule has 1 aromatic carbocycles. The lowest BCUT2D eigenvalue weighted by atomic mass is 9.97. The maximum absolute atomic E-state index is 6.18. The quantitative estimate of drug-likeness (QED) is 0.622. The molecule has 172 valence electrons. The zero-order valence-corrected chi connectivity index (χ0v) is 19.7. The van der Waals surface area contributed by atoms with Crippen molar-refractivity contribution in [3.8, 4) is 5.88 Å². The van der Waals surface area contributed by atoms with Crippen molar-refractivity contribution >= 4 is 22.6 Å². The van der Waals surface area contributed by atoms with Gasteiger partial charge in [-0.15, -0.1) is 0 Å². The Morgan fingerprint density at radius 2 is 1.91 bits per heavy atom. The predicted molar refractivity (Wildman–Crippen MR) is 131 cm³/mol. The van der Waals surface area contributed by atoms with Crippen molar-refractivity contribution in [2.24, 2.45) is 0 Å². The first-order valence-electron chi connectivity index (χ1n) is 12.0. The molecule has 2 aromatic heterocycles. The van der Waals surface area contributed by atoms with E-state index in [0.29, 0.717) is 17.9 Å². The van der Waals surface area contributed by atoms with E-state index in [0.717, 1.165) is 73.0 Å². The lowest BCUT2D eigenvalue weighted by molar-refractivity contribution is 0.110. The third-order valence-electron chi connectivity index (χ3n) is 6.33. The summed E-state index contributed by atoms with van der Waals surface area (Å²) in [5.74, 6) is 1.31. The molecule has 3 aromatic rings. The molecule has 1 saturated heterocycles. The minimum absolute atomic E-state index is 0.207. The van der Waals surface area contributed by atoms with Gasteiger partial charge >= 0.3 is 0 Å². The highest BCUT2D eigenvalue weighted by Gasteiger charge is 2.20. The molecule has 7 heteroatoms. The van der Waals surface area contributed by atoms with Crippen molar-refractivity contribution in [1.29, 1.82) is 0 Å². The number of hydrogen-bond donors (Lipinski definition) is 1. The normalized spacial score (nSPS) is 17.5. The van der Waals surface area contributed by atoms with Gasteiger partial charge in [0, 0.05) is 30.9 Å². The molecule has 1 aliphatic heterocycles. The first-order valence-corrected chi connectivity index (χ1v) is 12.0. The summed E-state index contributed by atoms with van der Waals surface area (Å²) < 4.78 is 6.18. The molecule has 0 spiro atoms. The fraction of sp³-hybridized carbons (Fsp3) is 0.462. The van der Waals surface area contributed by atoms with E-state index in [-0.39, 0.29) is 6.10 Å². The summed E-state index contributed by atoms with van der Waals surface area (Å²) in [4.78, 5) is 21.1. The number of aromatic nitrogens is 4. The highest BCUT2D eigenvalue weighted by molar-refractivity contribution is 5.86. The highest BCUT2D eigenvalue weighted by Crippen LogP contribution is 2.32. The Balaban J connectivity index is 1.44. The van der Waals surface area contributed by atoms with Gasteiger partial charge in [-0.05, 0) is 76.3 Å². The zero-order valence-electron chi connectivity index (χ0n) is 19.7. The molecular weight excluding hydrogens is 412 g/mol. The lowest BCUT2D eigenvalue weighted by Crippen LogP contribution is -2.35. The molecule has 0 bridgehead atoms. The fourth-order valence-corrected chi connectivity index (χ4v) is 4.55. The van der Waals surface area contributed by atoms with Crippen LogP contribution < -0.4 is 10.1 Å². The Bertz CT molecular complexity index is 1170. The number of piperidine rings is 1. The molecule has 0 saturated carbocycles. The lowest BCUT2D eigenvalue weighted by Gasteiger charge is -2.28. The summed E-state index contributed by atoms with van der Waals surface area (Å²) in [6.45, 7) is 6.31. The molecule has 0 unspecified atom stereocenters. The van der Waals surface area contributed by atoms with Gasteiger partial charge in [-0.3, -0.25) is 0 Å². The van der Waals surface area contributed by atoms with Crippen molar-refractivity contribution in [3.05, 3.63) is 53.5 Å². The number of anilines is 1. The Morgan fingerprint density at radius 3 is 2.73 bits per heavy atom. The second-order valence-electron chi connectivity index (χ2n) is 9.40. The van der Waals surface area contributed by atoms with E-state index in [1.165, 1.54) is 5.57 Å². The van der Waals surface area contributed by atoms with Crippen LogP contribution in [0.1, 0.15) is 56.4 Å². The number of nitrogens with one attached hydrogen (secondary N) is 1. The molecule has 7 nitrogen and oxygen atoms in total. The maximum Gasteiger partial charge on any atom is 0.233 e. The Morgan fingerprint density at radius 1 is 1.06 bits per heavy atom. The average Bonchev–Trinajstić information content (AvgIpc) is 3.02. The smallest absolute Gasteiger partial charge is 0.233 e. The Hall–Kier alpha value is -3.06. The molecule has 1 N–H and O–H groups in total. The standard InChI is InChI=1S/C26H32N6O/c1-17(2)29-26-28-15-21-20(6-4-5-7-22(21)31-26)18-8-9-23-24(14-18)30-25(16-27-23)33-19-10-12-32(3)13-11-19/h6,8-9,14-17,19H,4-5,7,10-13H2,1-3H3,(H,28,29,31). The Kier molecular flexibility index (Phi) is 6.22. The summed E-state index contributed by atoms with van der Waals surface area (Å²) in [5.41, 5.74) is 6.21. The van der Waals surface area contributed by atoms with Gasteiger partial charge in [0.15, 0.2) is 0 Å². The van der Waals surface area contributed by atoms with Crippen LogP contribution in [0, 0.1) is 0 Å². The van der Waals surface area contributed by atoms with Crippen LogP contribution in [0.5, 0.6) is 5.88 Å². The second kappa shape index (κ2) is 9.43. The molecule has 3 heterocycles. The number of likely N-dealkylation sites (tertiary alicyclic amines) is 1. The van der Waals surface area contributed by atoms with Crippen LogP contribution in [0.15, 0.2) is 36.7 Å². The van der Waals surface area contributed by atoms with Gasteiger partial charge in [0.25, 0.3) is 0 Å². The predicted octanol–water partition coefficient (Wildman–Crippen LogP) is 4.48. The Labute approximate surface area is 195 Å². The van der Waals surface area contributed by atoms with E-state index in [4.69, 9.17) is 14.7 Å². The van der Waals surface area contributed by atoms with Crippen molar-refractivity contribution in [2.45, 2.75) is 58.1 Å². The van der Waals surface area contributed by atoms with Crippen LogP contribution >= 0.6 is 0 Å². The number of hydrogen-bond acceptors (Lipinski definition) is 7. The monoisotopic (exact) mass is 444 g/mol. The van der Waals surface area contributed by atoms with Crippen molar-refractivity contribution < 1.29 is 4.74 Å². The van der Waals surface area contributed by atoms with E-state index in [9.17, 15) is 0 Å². The van der Waals surface area contributed by atoms with Gasteiger partial charge in [0.05, 0.1) is 22.9 Å². The number of rotatable bonds is 5. The number of ether oxygens (including phenoxy) is 1. The van der Waals surface area contributed by atoms with Gasteiger partial charge < -0.3 is 15.0 Å². The third kappa shape index (κ3) is 4.98. The van der Waals surface area contributed by atoms with Gasteiger partial charge in [0.1, 0.15) is 6.10 Å². The topological polar surface area (TPSA) is 76.1 Å². The minimum atomic E-state index is 0.207. The largest absolute Gasteiger partial charge is 0.473 e. The summed E-state index contributed by atoms with van der Waals surface area (Å²) in [6.07, 6.45) is 11.3. The summed E-state index contributed by atoms with van der Waals surface area (Å²) in [7, 11) is 2.15. The third-order valence-corrected chi connectivity index (χ3v) is 6.33. The molecule has 0 amide bonds. The molecule has 5 rings (SSSR count).